The second-order valence-electron chi connectivity index (χ2n) is 14.6. The third-order valence-electron chi connectivity index (χ3n) is 11.0. The van der Waals surface area contributed by atoms with E-state index in [-0.39, 0.29) is 39.8 Å². The average Bonchev–Trinajstić information content (AvgIpc) is 3.57. The molecule has 17 nitrogen and oxygen atoms in total. The first kappa shape index (κ1) is 34.7. The van der Waals surface area contributed by atoms with Gasteiger partial charge in [0.2, 0.25) is 17.8 Å². The van der Waals surface area contributed by atoms with Crippen LogP contribution in [0.15, 0.2) is 54.7 Å². The van der Waals surface area contributed by atoms with Gasteiger partial charge in [-0.05, 0) is 55.5 Å². The second kappa shape index (κ2) is 18.2. The van der Waals surface area contributed by atoms with Gasteiger partial charge in [0.05, 0.1) is 52.3 Å². The maximum atomic E-state index is 16.1. The van der Waals surface area contributed by atoms with Crippen LogP contribution in [0.4, 0.5) is 43.3 Å². The average molecular weight is 916 g/mol. The molecule has 3 saturated heterocycles. The number of methoxy groups -OCH3 is 1. The number of hydrogen-bond acceptors (Lipinski definition) is 15. The number of nitrogens with zero attached hydrogens (tertiary/aromatic N) is 6. The van der Waals surface area contributed by atoms with E-state index in [4.69, 9.17) is 36.4 Å². The molecule has 1 aromatic heterocycles. The molecule has 4 aliphatic heterocycles. The standard InChI is InChI=1S/C42H45ClF2N9O8P/c1-60-32-20-25(8-9-28(32)48-42-46-22-27(43)38(50-42)47-29-6-4-5-7-33(29)63(59,61-2)62-3)52-14-12-24(13-15-52)23-51-16-18-53(19-17-51)31-21-26-35(37(45)36(31)44)41(58)54(40(26)57)30-10-11-34(55)49-39(30)56/h4-9,20-22,24,30H,10-19,23H2,1-3H3,(H,49,55,56)(H2,46,47,48,50)/i16D2,17D2,18D2,19D2. The van der Waals surface area contributed by atoms with E-state index in [0.29, 0.717) is 64.6 Å². The van der Waals surface area contributed by atoms with Crippen LogP contribution in [0.2, 0.25) is 5.02 Å². The van der Waals surface area contributed by atoms with Gasteiger partial charge in [-0.3, -0.25) is 38.9 Å². The van der Waals surface area contributed by atoms with Gasteiger partial charge in [0, 0.05) is 83.5 Å². The van der Waals surface area contributed by atoms with Crippen molar-refractivity contribution in [2.75, 3.05) is 87.4 Å². The largest absolute Gasteiger partial charge is 0.494 e. The zero-order chi connectivity index (χ0) is 51.7. The number of amides is 4. The van der Waals surface area contributed by atoms with Gasteiger partial charge < -0.3 is 34.2 Å². The number of nitrogens with one attached hydrogen (secondary N) is 3. The van der Waals surface area contributed by atoms with Crippen molar-refractivity contribution in [1.82, 2.24) is 25.1 Å². The Morgan fingerprint density at radius 3 is 2.33 bits per heavy atom. The molecule has 4 amide bonds. The second-order valence-corrected chi connectivity index (χ2v) is 17.2. The van der Waals surface area contributed by atoms with Crippen molar-refractivity contribution in [3.05, 3.63) is 82.5 Å². The third kappa shape index (κ3) is 8.67. The van der Waals surface area contributed by atoms with Gasteiger partial charge in [0.15, 0.2) is 17.5 Å². The minimum Gasteiger partial charge on any atom is -0.494 e. The minimum absolute atomic E-state index is 0.117. The predicted molar refractivity (Wildman–Crippen MR) is 231 cm³/mol. The molecular weight excluding hydrogens is 863 g/mol. The van der Waals surface area contributed by atoms with Gasteiger partial charge in [-0.15, -0.1) is 0 Å². The molecular formula is C42H45ClF2N9O8P. The Balaban J connectivity index is 0.972. The lowest BCUT2D eigenvalue weighted by molar-refractivity contribution is -0.136. The Morgan fingerprint density at radius 1 is 0.905 bits per heavy atom. The summed E-state index contributed by atoms with van der Waals surface area (Å²) < 4.78 is 133. The van der Waals surface area contributed by atoms with Gasteiger partial charge in [-0.2, -0.15) is 4.98 Å². The monoisotopic (exact) mass is 915 g/mol. The highest BCUT2D eigenvalue weighted by atomic mass is 35.5. The van der Waals surface area contributed by atoms with Crippen molar-refractivity contribution in [2.45, 2.75) is 31.7 Å². The summed E-state index contributed by atoms with van der Waals surface area (Å²) in [6.07, 6.45) is 1.34. The highest BCUT2D eigenvalue weighted by Gasteiger charge is 2.47. The number of aromatic nitrogens is 2. The lowest BCUT2D eigenvalue weighted by atomic mass is 9.95. The Hall–Kier alpha value is -5.72. The molecule has 63 heavy (non-hydrogen) atoms. The van der Waals surface area contributed by atoms with E-state index in [1.807, 2.05) is 10.2 Å². The molecule has 3 N–H and O–H groups in total. The molecule has 4 aromatic rings. The number of ether oxygens (including phenoxy) is 1. The van der Waals surface area contributed by atoms with E-state index < -0.39 is 104 Å². The van der Waals surface area contributed by atoms with Crippen molar-refractivity contribution in [3.8, 4) is 5.75 Å². The van der Waals surface area contributed by atoms with Gasteiger partial charge in [-0.1, -0.05) is 23.7 Å². The summed E-state index contributed by atoms with van der Waals surface area (Å²) >= 11 is 6.45. The summed E-state index contributed by atoms with van der Waals surface area (Å²) in [6, 6.07) is 10.7. The van der Waals surface area contributed by atoms with E-state index in [2.05, 4.69) is 20.6 Å². The lowest BCUT2D eigenvalue weighted by Gasteiger charge is -2.40. The van der Waals surface area contributed by atoms with Crippen LogP contribution in [0.5, 0.6) is 5.75 Å². The van der Waals surface area contributed by atoms with E-state index in [0.717, 1.165) is 0 Å². The van der Waals surface area contributed by atoms with Crippen molar-refractivity contribution in [2.24, 2.45) is 5.92 Å². The molecule has 0 saturated carbocycles. The molecule has 3 fully saturated rings. The molecule has 1 atom stereocenters. The number of fused-ring (bicyclic) bond motifs is 1. The number of carbonyl (C=O) groups excluding carboxylic acids is 4. The number of imide groups is 2. The van der Waals surface area contributed by atoms with Crippen molar-refractivity contribution in [3.63, 3.8) is 0 Å². The maximum Gasteiger partial charge on any atom is 0.362 e. The minimum atomic E-state index is -3.67. The number of piperazine rings is 1. The summed E-state index contributed by atoms with van der Waals surface area (Å²) in [7, 11) is 0.316. The Labute approximate surface area is 377 Å². The molecule has 0 bridgehead atoms. The summed E-state index contributed by atoms with van der Waals surface area (Å²) in [5, 5.41) is 8.52. The van der Waals surface area contributed by atoms with Crippen LogP contribution in [0.3, 0.4) is 0 Å². The van der Waals surface area contributed by atoms with Crippen LogP contribution in [0.25, 0.3) is 0 Å². The molecule has 0 radical (unpaired) electrons. The van der Waals surface area contributed by atoms with Crippen molar-refractivity contribution in [1.29, 1.82) is 0 Å². The van der Waals surface area contributed by atoms with E-state index in [9.17, 15) is 23.7 Å². The quantitative estimate of drug-likeness (QED) is 0.113. The number of carbonyl (C=O) groups is 4. The number of halogens is 3. The third-order valence-corrected chi connectivity index (χ3v) is 13.2. The van der Waals surface area contributed by atoms with E-state index in [1.165, 1.54) is 27.5 Å². The molecule has 0 spiro atoms. The number of anilines is 6. The van der Waals surface area contributed by atoms with Crippen LogP contribution >= 0.6 is 19.2 Å². The molecule has 4 aliphatic rings. The zero-order valence-corrected chi connectivity index (χ0v) is 35.5. The highest BCUT2D eigenvalue weighted by Crippen LogP contribution is 2.47. The normalized spacial score (nSPS) is 23.8. The number of piperidine rings is 2. The van der Waals surface area contributed by atoms with Gasteiger partial charge in [-0.25, -0.2) is 13.8 Å². The van der Waals surface area contributed by atoms with Crippen molar-refractivity contribution < 1.29 is 57.3 Å². The van der Waals surface area contributed by atoms with Crippen LogP contribution < -0.4 is 35.8 Å². The Bertz CT molecular complexity index is 2870. The lowest BCUT2D eigenvalue weighted by Crippen LogP contribution is -2.54. The van der Waals surface area contributed by atoms with E-state index in [1.54, 1.807) is 42.5 Å². The predicted octanol–water partition coefficient (Wildman–Crippen LogP) is 5.46. The molecule has 332 valence electrons. The number of para-hydroxylation sites is 1. The van der Waals surface area contributed by atoms with Crippen LogP contribution in [0, 0.1) is 17.6 Å². The summed E-state index contributed by atoms with van der Waals surface area (Å²) in [5.41, 5.74) is -1.90. The summed E-state index contributed by atoms with van der Waals surface area (Å²) in [4.78, 5) is 62.4. The maximum absolute atomic E-state index is 16.1. The molecule has 5 heterocycles. The molecule has 1 unspecified atom stereocenters. The number of rotatable bonds is 13. The molecule has 3 aromatic carbocycles. The fourth-order valence-electron chi connectivity index (χ4n) is 7.66. The van der Waals surface area contributed by atoms with Crippen molar-refractivity contribution >= 4 is 82.6 Å². The number of hydrogen-bond donors (Lipinski definition) is 3. The highest BCUT2D eigenvalue weighted by molar-refractivity contribution is 7.62. The van der Waals surface area contributed by atoms with Crippen LogP contribution in [-0.4, -0.2) is 116 Å². The zero-order valence-electron chi connectivity index (χ0n) is 41.8. The summed E-state index contributed by atoms with van der Waals surface area (Å²) in [6.45, 7) is -14.1. The van der Waals surface area contributed by atoms with Crippen LogP contribution in [-0.2, 0) is 23.2 Å². The first-order valence-electron chi connectivity index (χ1n) is 23.5. The molecule has 8 rings (SSSR count). The van der Waals surface area contributed by atoms with E-state index >= 15 is 8.78 Å². The SMILES string of the molecule is [2H]C1([2H])N(CC2CCN(c3ccc(Nc4ncc(Cl)c(Nc5ccccc5P(=O)(OC)OC)n4)c(OC)c3)CC2)C([2H])([2H])C([2H])([2H])N(c2cc3c(c(F)c2F)C(=O)N(C2CCC(=O)NC2=O)C3=O)C1([2H])[2H]. The number of benzene rings is 3. The Kier molecular flexibility index (Phi) is 10.0. The fourth-order valence-corrected chi connectivity index (χ4v) is 9.03. The molecule has 21 heteroatoms. The topological polar surface area (TPSA) is 188 Å². The van der Waals surface area contributed by atoms with Gasteiger partial charge in [0.25, 0.3) is 11.8 Å². The van der Waals surface area contributed by atoms with Crippen LogP contribution in [0.1, 0.15) is 57.4 Å². The fraction of sp³-hybridized carbons (Fsp3) is 0.381. The first-order chi connectivity index (χ1) is 33.3. The van der Waals surface area contributed by atoms with Gasteiger partial charge in [0.1, 0.15) is 16.8 Å². The first-order valence-corrected chi connectivity index (χ1v) is 21.4. The smallest absolute Gasteiger partial charge is 0.362 e. The summed E-state index contributed by atoms with van der Waals surface area (Å²) in [5.74, 6) is -8.49. The Morgan fingerprint density at radius 2 is 1.63 bits per heavy atom. The van der Waals surface area contributed by atoms with Gasteiger partial charge >= 0.3 is 7.60 Å². The molecule has 0 aliphatic carbocycles.